The lowest BCUT2D eigenvalue weighted by Gasteiger charge is -2.20. The van der Waals surface area contributed by atoms with Gasteiger partial charge in [-0.25, -0.2) is 0 Å². The topological polar surface area (TPSA) is 87.1 Å². The van der Waals surface area contributed by atoms with Crippen molar-refractivity contribution in [2.75, 3.05) is 5.32 Å². The quantitative estimate of drug-likeness (QED) is 0.207. The van der Waals surface area contributed by atoms with Gasteiger partial charge in [-0.2, -0.15) is 0 Å². The molecule has 1 amide bonds. The highest BCUT2D eigenvalue weighted by Crippen LogP contribution is 2.28. The normalized spacial score (nSPS) is 11.4. The minimum atomic E-state index is -0.163. The standard InChI is InChI=1S/C30H32N4O2/c1-19(2)33-28(31)27-18-26(13-14-32-27)36-25-12-11-20-9-10-21(15-22(20)16-25)29(35)34-24-8-6-7-23(17-24)30(3,4)5/h6-19H,1-5H3,(H2,31,33)(H,34,35). The van der Waals surface area contributed by atoms with Gasteiger partial charge in [0.1, 0.15) is 23.0 Å². The third kappa shape index (κ3) is 6.08. The molecule has 1 aromatic heterocycles. The molecule has 0 aliphatic carbocycles. The lowest BCUT2D eigenvalue weighted by Crippen LogP contribution is -2.30. The lowest BCUT2D eigenvalue weighted by atomic mass is 9.87. The van der Waals surface area contributed by atoms with Crippen molar-refractivity contribution in [3.05, 3.63) is 95.8 Å². The van der Waals surface area contributed by atoms with E-state index < -0.39 is 0 Å². The Kier molecular flexibility index (Phi) is 7.06. The first-order chi connectivity index (χ1) is 17.1. The number of amidine groups is 1. The van der Waals surface area contributed by atoms with E-state index in [-0.39, 0.29) is 23.2 Å². The molecule has 184 valence electrons. The SMILES string of the molecule is CC(C)NC(=N)c1cc(Oc2ccc3ccc(C(=O)Nc4cccc(C(C)(C)C)c4)cc3c2)ccn1. The number of carbonyl (C=O) groups is 1. The minimum absolute atomic E-state index is 0.000862. The fourth-order valence-electron chi connectivity index (χ4n) is 3.81. The Balaban J connectivity index is 1.53. The maximum Gasteiger partial charge on any atom is 0.255 e. The molecule has 3 aromatic carbocycles. The Morgan fingerprint density at radius 2 is 1.67 bits per heavy atom. The summed E-state index contributed by atoms with van der Waals surface area (Å²) in [5, 5.41) is 16.1. The number of nitrogens with zero attached hydrogens (tertiary/aromatic N) is 1. The van der Waals surface area contributed by atoms with Crippen molar-refractivity contribution in [2.45, 2.75) is 46.1 Å². The van der Waals surface area contributed by atoms with Crippen LogP contribution in [0.1, 0.15) is 56.2 Å². The number of benzene rings is 3. The number of amides is 1. The molecule has 0 radical (unpaired) electrons. The van der Waals surface area contributed by atoms with Crippen LogP contribution in [-0.4, -0.2) is 22.8 Å². The van der Waals surface area contributed by atoms with E-state index in [0.29, 0.717) is 22.8 Å². The molecular weight excluding hydrogens is 448 g/mol. The van der Waals surface area contributed by atoms with Crippen LogP contribution in [0.3, 0.4) is 0 Å². The van der Waals surface area contributed by atoms with Crippen LogP contribution >= 0.6 is 0 Å². The van der Waals surface area contributed by atoms with Crippen molar-refractivity contribution in [3.8, 4) is 11.5 Å². The van der Waals surface area contributed by atoms with Gasteiger partial charge in [-0.3, -0.25) is 15.2 Å². The summed E-state index contributed by atoms with van der Waals surface area (Å²) in [7, 11) is 0. The number of carbonyl (C=O) groups excluding carboxylic acids is 1. The number of aromatic nitrogens is 1. The largest absolute Gasteiger partial charge is 0.457 e. The highest BCUT2D eigenvalue weighted by atomic mass is 16.5. The smallest absolute Gasteiger partial charge is 0.255 e. The van der Waals surface area contributed by atoms with Crippen LogP contribution in [0.4, 0.5) is 5.69 Å². The summed E-state index contributed by atoms with van der Waals surface area (Å²) in [6, 6.07) is 23.0. The highest BCUT2D eigenvalue weighted by Gasteiger charge is 2.15. The van der Waals surface area contributed by atoms with Gasteiger partial charge >= 0.3 is 0 Å². The maximum absolute atomic E-state index is 13.0. The summed E-state index contributed by atoms with van der Waals surface area (Å²) in [6.45, 7) is 10.4. The number of hydrogen-bond acceptors (Lipinski definition) is 4. The zero-order chi connectivity index (χ0) is 25.9. The van der Waals surface area contributed by atoms with Crippen LogP contribution in [-0.2, 0) is 5.41 Å². The van der Waals surface area contributed by atoms with Crippen molar-refractivity contribution in [2.24, 2.45) is 0 Å². The molecule has 6 nitrogen and oxygen atoms in total. The molecule has 0 unspecified atom stereocenters. The minimum Gasteiger partial charge on any atom is -0.457 e. The Hall–Kier alpha value is -4.19. The van der Waals surface area contributed by atoms with E-state index in [2.05, 4.69) is 42.5 Å². The molecule has 6 heteroatoms. The van der Waals surface area contributed by atoms with E-state index in [9.17, 15) is 4.79 Å². The molecule has 0 saturated heterocycles. The molecule has 0 atom stereocenters. The van der Waals surface area contributed by atoms with Gasteiger partial charge in [0, 0.05) is 29.6 Å². The number of anilines is 1. The van der Waals surface area contributed by atoms with Crippen LogP contribution in [0.2, 0.25) is 0 Å². The molecule has 0 aliphatic rings. The molecular formula is C30H32N4O2. The molecule has 1 heterocycles. The number of pyridine rings is 1. The average molecular weight is 481 g/mol. The Morgan fingerprint density at radius 3 is 2.42 bits per heavy atom. The predicted octanol–water partition coefficient (Wildman–Crippen LogP) is 6.90. The fourth-order valence-corrected chi connectivity index (χ4v) is 3.81. The first-order valence-electron chi connectivity index (χ1n) is 12.0. The predicted molar refractivity (Wildman–Crippen MR) is 146 cm³/mol. The van der Waals surface area contributed by atoms with Gasteiger partial charge < -0.3 is 15.4 Å². The molecule has 4 rings (SSSR count). The van der Waals surface area contributed by atoms with E-state index in [1.165, 1.54) is 0 Å². The molecule has 0 saturated carbocycles. The van der Waals surface area contributed by atoms with Crippen molar-refractivity contribution >= 4 is 28.2 Å². The van der Waals surface area contributed by atoms with Gasteiger partial charge in [-0.15, -0.1) is 0 Å². The summed E-state index contributed by atoms with van der Waals surface area (Å²) in [6.07, 6.45) is 1.62. The zero-order valence-electron chi connectivity index (χ0n) is 21.3. The second-order valence-electron chi connectivity index (χ2n) is 10.2. The zero-order valence-corrected chi connectivity index (χ0v) is 21.3. The summed E-state index contributed by atoms with van der Waals surface area (Å²) in [4.78, 5) is 17.3. The molecule has 0 spiro atoms. The Labute approximate surface area is 212 Å². The maximum atomic E-state index is 13.0. The van der Waals surface area contributed by atoms with Gasteiger partial charge in [0.2, 0.25) is 0 Å². The lowest BCUT2D eigenvalue weighted by molar-refractivity contribution is 0.102. The third-order valence-electron chi connectivity index (χ3n) is 5.72. The van der Waals surface area contributed by atoms with Crippen molar-refractivity contribution in [1.29, 1.82) is 5.41 Å². The second-order valence-corrected chi connectivity index (χ2v) is 10.2. The van der Waals surface area contributed by atoms with E-state index in [0.717, 1.165) is 22.0 Å². The van der Waals surface area contributed by atoms with Crippen LogP contribution < -0.4 is 15.4 Å². The van der Waals surface area contributed by atoms with E-state index >= 15 is 0 Å². The van der Waals surface area contributed by atoms with Gasteiger partial charge in [-0.05, 0) is 78.1 Å². The molecule has 0 aliphatic heterocycles. The number of nitrogens with one attached hydrogen (secondary N) is 3. The summed E-state index contributed by atoms with van der Waals surface area (Å²) < 4.78 is 6.06. The third-order valence-corrected chi connectivity index (χ3v) is 5.72. The number of hydrogen-bond donors (Lipinski definition) is 3. The summed E-state index contributed by atoms with van der Waals surface area (Å²) in [5.41, 5.74) is 3.02. The highest BCUT2D eigenvalue weighted by molar-refractivity contribution is 6.06. The molecule has 4 aromatic rings. The first-order valence-corrected chi connectivity index (χ1v) is 12.0. The Morgan fingerprint density at radius 1 is 0.917 bits per heavy atom. The number of rotatable bonds is 6. The summed E-state index contributed by atoms with van der Waals surface area (Å²) in [5.74, 6) is 1.31. The van der Waals surface area contributed by atoms with Crippen molar-refractivity contribution in [1.82, 2.24) is 10.3 Å². The molecule has 0 bridgehead atoms. The average Bonchev–Trinajstić information content (AvgIpc) is 2.83. The van der Waals surface area contributed by atoms with E-state index in [4.69, 9.17) is 10.1 Å². The monoisotopic (exact) mass is 480 g/mol. The molecule has 36 heavy (non-hydrogen) atoms. The first kappa shape index (κ1) is 24.9. The second kappa shape index (κ2) is 10.2. The number of fused-ring (bicyclic) bond motifs is 1. The molecule has 0 fully saturated rings. The molecule has 3 N–H and O–H groups in total. The van der Waals surface area contributed by atoms with Gasteiger partial charge in [0.15, 0.2) is 0 Å². The van der Waals surface area contributed by atoms with Crippen LogP contribution in [0, 0.1) is 5.41 Å². The van der Waals surface area contributed by atoms with Gasteiger partial charge in [0.05, 0.1) is 0 Å². The van der Waals surface area contributed by atoms with Crippen LogP contribution in [0.5, 0.6) is 11.5 Å². The van der Waals surface area contributed by atoms with E-state index in [1.54, 1.807) is 18.3 Å². The fraction of sp³-hybridized carbons (Fsp3) is 0.233. The van der Waals surface area contributed by atoms with Crippen molar-refractivity contribution in [3.63, 3.8) is 0 Å². The number of ether oxygens (including phenoxy) is 1. The van der Waals surface area contributed by atoms with Crippen LogP contribution in [0.25, 0.3) is 10.8 Å². The van der Waals surface area contributed by atoms with Crippen LogP contribution in [0.15, 0.2) is 79.0 Å². The summed E-state index contributed by atoms with van der Waals surface area (Å²) >= 11 is 0. The Bertz CT molecular complexity index is 1420. The van der Waals surface area contributed by atoms with E-state index in [1.807, 2.05) is 68.4 Å². The van der Waals surface area contributed by atoms with Crippen molar-refractivity contribution < 1.29 is 9.53 Å². The van der Waals surface area contributed by atoms with Gasteiger partial charge in [-0.1, -0.05) is 45.0 Å². The van der Waals surface area contributed by atoms with Gasteiger partial charge in [0.25, 0.3) is 5.91 Å².